The average Bonchev–Trinajstić information content (AvgIpc) is 2.38. The molecule has 2 heteroatoms. The van der Waals surface area contributed by atoms with Crippen molar-refractivity contribution in [3.05, 3.63) is 0 Å². The molecule has 1 nitrogen and oxygen atoms in total. The maximum atomic E-state index is 4.63. The van der Waals surface area contributed by atoms with Crippen LogP contribution >= 0.6 is 12.6 Å². The molecule has 0 aromatic carbocycles. The normalized spacial score (nSPS) is 12.9. The number of thiol groups is 1. The quantitative estimate of drug-likeness (QED) is 0.516. The fraction of sp³-hybridized carbons (Fsp3) is 1.00. The van der Waals surface area contributed by atoms with Gasteiger partial charge in [-0.25, -0.2) is 0 Å². The highest BCUT2D eigenvalue weighted by molar-refractivity contribution is 7.80. The lowest BCUT2D eigenvalue weighted by atomic mass is 9.83. The lowest BCUT2D eigenvalue weighted by Gasteiger charge is -2.37. The van der Waals surface area contributed by atoms with Gasteiger partial charge in [0, 0.05) is 6.54 Å². The summed E-state index contributed by atoms with van der Waals surface area (Å²) in [7, 11) is 0. The van der Waals surface area contributed by atoms with Crippen LogP contribution in [0.2, 0.25) is 0 Å². The number of hydrogen-bond donors (Lipinski definition) is 1. The summed E-state index contributed by atoms with van der Waals surface area (Å²) in [6.45, 7) is 17.7. The molecule has 0 unspecified atom stereocenters. The number of nitrogens with zero attached hydrogens (tertiary/aromatic N) is 1. The molecule has 0 aliphatic rings. The Morgan fingerprint density at radius 2 is 1.32 bits per heavy atom. The van der Waals surface area contributed by atoms with E-state index in [0.717, 1.165) is 17.6 Å². The second-order valence-corrected chi connectivity index (χ2v) is 7.32. The molecular formula is C17H37NS. The third-order valence-corrected chi connectivity index (χ3v) is 5.11. The predicted molar refractivity (Wildman–Crippen MR) is 92.2 cm³/mol. The molecule has 0 rings (SSSR count). The van der Waals surface area contributed by atoms with Gasteiger partial charge in [0.05, 0.1) is 0 Å². The summed E-state index contributed by atoms with van der Waals surface area (Å²) >= 11 is 4.63. The van der Waals surface area contributed by atoms with E-state index in [9.17, 15) is 0 Å². The minimum Gasteiger partial charge on any atom is -0.303 e. The third-order valence-electron chi connectivity index (χ3n) is 4.44. The highest BCUT2D eigenvalue weighted by Gasteiger charge is 2.27. The highest BCUT2D eigenvalue weighted by atomic mass is 32.1. The second kappa shape index (κ2) is 10.1. The van der Waals surface area contributed by atoms with Crippen molar-refractivity contribution in [3.8, 4) is 0 Å². The van der Waals surface area contributed by atoms with Crippen molar-refractivity contribution in [2.45, 2.75) is 67.2 Å². The summed E-state index contributed by atoms with van der Waals surface area (Å²) in [6.07, 6.45) is 5.11. The van der Waals surface area contributed by atoms with E-state index in [2.05, 4.69) is 59.1 Å². The van der Waals surface area contributed by atoms with Gasteiger partial charge in [-0.05, 0) is 61.8 Å². The molecule has 0 bridgehead atoms. The van der Waals surface area contributed by atoms with Gasteiger partial charge >= 0.3 is 0 Å². The first-order chi connectivity index (χ1) is 8.89. The van der Waals surface area contributed by atoms with Crippen molar-refractivity contribution in [2.75, 3.05) is 25.4 Å². The molecular weight excluding hydrogens is 250 g/mol. The minimum absolute atomic E-state index is 0.414. The van der Waals surface area contributed by atoms with E-state index in [1.165, 1.54) is 45.3 Å². The monoisotopic (exact) mass is 287 g/mol. The Labute approximate surface area is 127 Å². The van der Waals surface area contributed by atoms with Crippen LogP contribution in [0.1, 0.15) is 67.2 Å². The van der Waals surface area contributed by atoms with E-state index in [4.69, 9.17) is 0 Å². The zero-order valence-corrected chi connectivity index (χ0v) is 15.1. The summed E-state index contributed by atoms with van der Waals surface area (Å²) < 4.78 is 0. The summed E-state index contributed by atoms with van der Waals surface area (Å²) in [4.78, 5) is 2.70. The van der Waals surface area contributed by atoms with Crippen molar-refractivity contribution >= 4 is 12.6 Å². The van der Waals surface area contributed by atoms with Crippen LogP contribution in [0, 0.1) is 17.3 Å². The molecule has 0 N–H and O–H groups in total. The van der Waals surface area contributed by atoms with Gasteiger partial charge in [0.25, 0.3) is 0 Å². The Morgan fingerprint density at radius 3 is 1.58 bits per heavy atom. The molecule has 0 radical (unpaired) electrons. The van der Waals surface area contributed by atoms with Gasteiger partial charge in [-0.2, -0.15) is 12.6 Å². The first-order valence-corrected chi connectivity index (χ1v) is 8.85. The molecule has 116 valence electrons. The molecule has 0 aliphatic heterocycles. The predicted octanol–water partition coefficient (Wildman–Crippen LogP) is 5.12. The van der Waals surface area contributed by atoms with Crippen molar-refractivity contribution < 1.29 is 0 Å². The summed E-state index contributed by atoms with van der Waals surface area (Å²) in [5.41, 5.74) is 0.414. The van der Waals surface area contributed by atoms with Crippen LogP contribution < -0.4 is 0 Å². The summed E-state index contributed by atoms with van der Waals surface area (Å²) in [5.74, 6) is 2.62. The Kier molecular flexibility index (Phi) is 10.3. The van der Waals surface area contributed by atoms with E-state index in [0.29, 0.717) is 5.41 Å². The van der Waals surface area contributed by atoms with Gasteiger partial charge in [-0.3, -0.25) is 0 Å². The van der Waals surface area contributed by atoms with E-state index in [1.54, 1.807) is 0 Å². The maximum Gasteiger partial charge on any atom is 0.00456 e. The summed E-state index contributed by atoms with van der Waals surface area (Å²) in [6, 6.07) is 0. The van der Waals surface area contributed by atoms with Crippen molar-refractivity contribution in [3.63, 3.8) is 0 Å². The van der Waals surface area contributed by atoms with E-state index in [-0.39, 0.29) is 0 Å². The SMILES string of the molecule is CCC(CC)(CS)CN(CCC(C)C)CCC(C)C. The minimum atomic E-state index is 0.414. The van der Waals surface area contributed by atoms with Gasteiger partial charge in [0.2, 0.25) is 0 Å². The molecule has 0 fully saturated rings. The largest absolute Gasteiger partial charge is 0.303 e. The molecule has 0 aromatic rings. The van der Waals surface area contributed by atoms with Gasteiger partial charge < -0.3 is 4.90 Å². The first kappa shape index (κ1) is 19.3. The van der Waals surface area contributed by atoms with Crippen molar-refractivity contribution in [1.82, 2.24) is 4.90 Å². The number of hydrogen-bond acceptors (Lipinski definition) is 2. The van der Waals surface area contributed by atoms with Crippen LogP contribution in [0.15, 0.2) is 0 Å². The maximum absolute atomic E-state index is 4.63. The molecule has 0 atom stereocenters. The first-order valence-electron chi connectivity index (χ1n) is 8.22. The lowest BCUT2D eigenvalue weighted by Crippen LogP contribution is -2.40. The molecule has 0 saturated carbocycles. The Morgan fingerprint density at radius 1 is 0.895 bits per heavy atom. The van der Waals surface area contributed by atoms with Crippen molar-refractivity contribution in [2.24, 2.45) is 17.3 Å². The van der Waals surface area contributed by atoms with Crippen LogP contribution in [0.3, 0.4) is 0 Å². The molecule has 19 heavy (non-hydrogen) atoms. The Bertz CT molecular complexity index is 189. The van der Waals surface area contributed by atoms with Gasteiger partial charge in [0.1, 0.15) is 0 Å². The smallest absolute Gasteiger partial charge is 0.00456 e. The zero-order chi connectivity index (χ0) is 14.9. The van der Waals surface area contributed by atoms with Gasteiger partial charge in [-0.1, -0.05) is 41.5 Å². The lowest BCUT2D eigenvalue weighted by molar-refractivity contribution is 0.146. The van der Waals surface area contributed by atoms with Gasteiger partial charge in [0.15, 0.2) is 0 Å². The van der Waals surface area contributed by atoms with E-state index in [1.807, 2.05) is 0 Å². The van der Waals surface area contributed by atoms with Crippen LogP contribution in [0.4, 0.5) is 0 Å². The second-order valence-electron chi connectivity index (χ2n) is 7.01. The van der Waals surface area contributed by atoms with E-state index < -0.39 is 0 Å². The fourth-order valence-corrected chi connectivity index (χ4v) is 2.92. The molecule has 0 aliphatic carbocycles. The summed E-state index contributed by atoms with van der Waals surface area (Å²) in [5, 5.41) is 0. The third kappa shape index (κ3) is 8.24. The zero-order valence-electron chi connectivity index (χ0n) is 14.2. The standard InChI is InChI=1S/C17H37NS/c1-7-17(8-2,14-19)13-18(11-9-15(3)4)12-10-16(5)6/h15-16,19H,7-14H2,1-6H3. The molecule has 0 spiro atoms. The fourth-order valence-electron chi connectivity index (χ4n) is 2.37. The van der Waals surface area contributed by atoms with Crippen LogP contribution in [-0.4, -0.2) is 30.3 Å². The average molecular weight is 288 g/mol. The van der Waals surface area contributed by atoms with Crippen molar-refractivity contribution in [1.29, 1.82) is 0 Å². The number of rotatable bonds is 11. The molecule has 0 aromatic heterocycles. The highest BCUT2D eigenvalue weighted by Crippen LogP contribution is 2.29. The molecule has 0 saturated heterocycles. The topological polar surface area (TPSA) is 3.24 Å². The molecule has 0 heterocycles. The Balaban J connectivity index is 4.52. The van der Waals surface area contributed by atoms with Gasteiger partial charge in [-0.15, -0.1) is 0 Å². The van der Waals surface area contributed by atoms with Crippen LogP contribution in [0.25, 0.3) is 0 Å². The van der Waals surface area contributed by atoms with E-state index >= 15 is 0 Å². The molecule has 0 amide bonds. The Hall–Kier alpha value is 0.310. The van der Waals surface area contributed by atoms with Crippen LogP contribution in [0.5, 0.6) is 0 Å². The van der Waals surface area contributed by atoms with Crippen LogP contribution in [-0.2, 0) is 0 Å².